The normalized spacial score (nSPS) is 14.6. The van der Waals surface area contributed by atoms with Crippen molar-refractivity contribution >= 4 is 18.0 Å². The second kappa shape index (κ2) is 12.2. The van der Waals surface area contributed by atoms with Gasteiger partial charge in [-0.15, -0.1) is 0 Å². The maximum atomic E-state index is 13.1. The van der Waals surface area contributed by atoms with Gasteiger partial charge in [0.15, 0.2) is 0 Å². The van der Waals surface area contributed by atoms with Gasteiger partial charge >= 0.3 is 18.0 Å². The van der Waals surface area contributed by atoms with Crippen LogP contribution in [0.15, 0.2) is 78.9 Å². The molecule has 0 fully saturated rings. The molecule has 0 aliphatic carbocycles. The number of ether oxygens (including phenoxy) is 3. The van der Waals surface area contributed by atoms with Crippen molar-refractivity contribution in [1.82, 2.24) is 4.90 Å². The topological polar surface area (TPSA) is 82.1 Å². The lowest BCUT2D eigenvalue weighted by Gasteiger charge is -2.35. The Labute approximate surface area is 217 Å². The monoisotopic (exact) mass is 501 g/mol. The second-order valence-electron chi connectivity index (χ2n) is 9.46. The largest absolute Gasteiger partial charge is 0.459 e. The molecule has 192 valence electrons. The highest BCUT2D eigenvalue weighted by Crippen LogP contribution is 2.27. The first-order valence-electron chi connectivity index (χ1n) is 12.4. The van der Waals surface area contributed by atoms with Crippen LogP contribution in [-0.4, -0.2) is 35.6 Å². The van der Waals surface area contributed by atoms with E-state index < -0.39 is 24.1 Å². The molecule has 3 aromatic rings. The van der Waals surface area contributed by atoms with E-state index in [1.165, 1.54) is 4.90 Å². The molecular weight excluding hydrogens is 470 g/mol. The lowest BCUT2D eigenvalue weighted by atomic mass is 9.92. The third kappa shape index (κ3) is 6.97. The van der Waals surface area contributed by atoms with Crippen LogP contribution in [0.1, 0.15) is 46.5 Å². The zero-order chi connectivity index (χ0) is 26.2. The van der Waals surface area contributed by atoms with E-state index in [1.807, 2.05) is 80.6 Å². The van der Waals surface area contributed by atoms with E-state index in [0.29, 0.717) is 5.56 Å². The molecule has 1 aliphatic rings. The lowest BCUT2D eigenvalue weighted by molar-refractivity contribution is -0.151. The van der Waals surface area contributed by atoms with Crippen LogP contribution in [0.4, 0.5) is 4.79 Å². The van der Waals surface area contributed by atoms with Crippen LogP contribution in [0.3, 0.4) is 0 Å². The van der Waals surface area contributed by atoms with Crippen molar-refractivity contribution < 1.29 is 28.6 Å². The minimum atomic E-state index is -0.827. The number of esters is 2. The SMILES string of the molecule is CC(C)COC(=O)N1Cc2cc(C(=O)OCc3ccccc3)ccc2C[C@@H]1C(=O)OCc1ccccc1. The summed E-state index contributed by atoms with van der Waals surface area (Å²) in [6, 6.07) is 23.2. The predicted octanol–water partition coefficient (Wildman–Crippen LogP) is 5.31. The number of rotatable bonds is 8. The fraction of sp³-hybridized carbons (Fsp3) is 0.300. The van der Waals surface area contributed by atoms with Gasteiger partial charge < -0.3 is 14.2 Å². The summed E-state index contributed by atoms with van der Waals surface area (Å²) >= 11 is 0. The highest BCUT2D eigenvalue weighted by Gasteiger charge is 2.37. The number of carbonyl (C=O) groups is 3. The summed E-state index contributed by atoms with van der Waals surface area (Å²) in [5.74, 6) is -0.803. The maximum Gasteiger partial charge on any atom is 0.410 e. The van der Waals surface area contributed by atoms with E-state index in [9.17, 15) is 14.4 Å². The fourth-order valence-electron chi connectivity index (χ4n) is 4.07. The smallest absolute Gasteiger partial charge is 0.410 e. The Morgan fingerprint density at radius 3 is 2.05 bits per heavy atom. The van der Waals surface area contributed by atoms with Gasteiger partial charge in [-0.3, -0.25) is 4.90 Å². The number of amides is 1. The Kier molecular flexibility index (Phi) is 8.56. The maximum absolute atomic E-state index is 13.1. The van der Waals surface area contributed by atoms with E-state index in [2.05, 4.69) is 0 Å². The van der Waals surface area contributed by atoms with Crippen molar-refractivity contribution in [3.63, 3.8) is 0 Å². The van der Waals surface area contributed by atoms with Crippen LogP contribution in [0.5, 0.6) is 0 Å². The van der Waals surface area contributed by atoms with E-state index in [1.54, 1.807) is 12.1 Å². The van der Waals surface area contributed by atoms with Crippen LogP contribution in [0, 0.1) is 5.92 Å². The molecule has 0 spiro atoms. The first-order valence-corrected chi connectivity index (χ1v) is 12.4. The van der Waals surface area contributed by atoms with Crippen molar-refractivity contribution in [2.75, 3.05) is 6.61 Å². The first-order chi connectivity index (χ1) is 17.9. The average molecular weight is 502 g/mol. The molecule has 3 aromatic carbocycles. The molecule has 1 aliphatic heterocycles. The van der Waals surface area contributed by atoms with E-state index in [-0.39, 0.29) is 38.7 Å². The van der Waals surface area contributed by atoms with Gasteiger partial charge in [0.1, 0.15) is 19.3 Å². The number of benzene rings is 3. The van der Waals surface area contributed by atoms with Crippen LogP contribution in [0.25, 0.3) is 0 Å². The van der Waals surface area contributed by atoms with Crippen molar-refractivity contribution in [2.24, 2.45) is 5.92 Å². The third-order valence-electron chi connectivity index (χ3n) is 6.06. The second-order valence-corrected chi connectivity index (χ2v) is 9.46. The van der Waals surface area contributed by atoms with Crippen molar-refractivity contribution in [1.29, 1.82) is 0 Å². The number of fused-ring (bicyclic) bond motifs is 1. The zero-order valence-corrected chi connectivity index (χ0v) is 21.1. The summed E-state index contributed by atoms with van der Waals surface area (Å²) in [7, 11) is 0. The molecule has 7 nitrogen and oxygen atoms in total. The Hall–Kier alpha value is -4.13. The number of nitrogens with zero attached hydrogens (tertiary/aromatic N) is 1. The standard InChI is InChI=1S/C30H31NO6/c1-21(2)18-37-30(34)31-17-26-15-25(28(32)35-19-22-9-5-3-6-10-22)14-13-24(26)16-27(31)29(33)36-20-23-11-7-4-8-12-23/h3-15,21,27H,16-20H2,1-2H3/t27-/m1/s1. The van der Waals surface area contributed by atoms with Gasteiger partial charge in [0.05, 0.1) is 18.7 Å². The minimum Gasteiger partial charge on any atom is -0.459 e. The molecule has 0 radical (unpaired) electrons. The molecule has 0 saturated heterocycles. The molecule has 1 amide bonds. The van der Waals surface area contributed by atoms with Crippen LogP contribution >= 0.6 is 0 Å². The van der Waals surface area contributed by atoms with Gasteiger partial charge in [-0.2, -0.15) is 0 Å². The molecule has 7 heteroatoms. The zero-order valence-electron chi connectivity index (χ0n) is 21.1. The molecule has 4 rings (SSSR count). The molecule has 0 N–H and O–H groups in total. The fourth-order valence-corrected chi connectivity index (χ4v) is 4.07. The number of hydrogen-bond acceptors (Lipinski definition) is 6. The van der Waals surface area contributed by atoms with E-state index in [4.69, 9.17) is 14.2 Å². The molecule has 0 saturated carbocycles. The van der Waals surface area contributed by atoms with Crippen molar-refractivity contribution in [3.8, 4) is 0 Å². The Morgan fingerprint density at radius 2 is 1.43 bits per heavy atom. The van der Waals surface area contributed by atoms with Crippen LogP contribution in [0.2, 0.25) is 0 Å². The molecule has 1 atom stereocenters. The average Bonchev–Trinajstić information content (AvgIpc) is 2.93. The van der Waals surface area contributed by atoms with Gasteiger partial charge in [0.25, 0.3) is 0 Å². The summed E-state index contributed by atoms with van der Waals surface area (Å²) in [4.78, 5) is 40.1. The van der Waals surface area contributed by atoms with Gasteiger partial charge in [-0.25, -0.2) is 14.4 Å². The summed E-state index contributed by atoms with van der Waals surface area (Å²) < 4.78 is 16.5. The van der Waals surface area contributed by atoms with E-state index >= 15 is 0 Å². The summed E-state index contributed by atoms with van der Waals surface area (Å²) in [5, 5.41) is 0. The Balaban J connectivity index is 1.49. The quantitative estimate of drug-likeness (QED) is 0.308. The molecular formula is C30H31NO6. The summed E-state index contributed by atoms with van der Waals surface area (Å²) in [5.41, 5.74) is 3.77. The van der Waals surface area contributed by atoms with Gasteiger partial charge in [0.2, 0.25) is 0 Å². The van der Waals surface area contributed by atoms with Gasteiger partial charge in [-0.05, 0) is 40.3 Å². The molecule has 0 bridgehead atoms. The third-order valence-corrected chi connectivity index (χ3v) is 6.06. The first kappa shape index (κ1) is 25.9. The molecule has 37 heavy (non-hydrogen) atoms. The van der Waals surface area contributed by atoms with Crippen LogP contribution in [-0.2, 0) is 45.2 Å². The summed E-state index contributed by atoms with van der Waals surface area (Å²) in [6.07, 6.45) is -0.322. The van der Waals surface area contributed by atoms with Gasteiger partial charge in [-0.1, -0.05) is 80.6 Å². The number of hydrogen-bond donors (Lipinski definition) is 0. The Morgan fingerprint density at radius 1 is 0.811 bits per heavy atom. The summed E-state index contributed by atoms with van der Waals surface area (Å²) in [6.45, 7) is 4.52. The molecule has 0 aromatic heterocycles. The molecule has 0 unspecified atom stereocenters. The highest BCUT2D eigenvalue weighted by atomic mass is 16.6. The number of carbonyl (C=O) groups excluding carboxylic acids is 3. The van der Waals surface area contributed by atoms with Crippen molar-refractivity contribution in [2.45, 2.75) is 46.1 Å². The van der Waals surface area contributed by atoms with Crippen LogP contribution < -0.4 is 0 Å². The highest BCUT2D eigenvalue weighted by molar-refractivity contribution is 5.90. The van der Waals surface area contributed by atoms with Gasteiger partial charge in [0, 0.05) is 6.42 Å². The lowest BCUT2D eigenvalue weighted by Crippen LogP contribution is -2.49. The predicted molar refractivity (Wildman–Crippen MR) is 137 cm³/mol. The Bertz CT molecular complexity index is 1230. The van der Waals surface area contributed by atoms with Crippen molar-refractivity contribution in [3.05, 3.63) is 107 Å². The minimum absolute atomic E-state index is 0.115. The van der Waals surface area contributed by atoms with E-state index in [0.717, 1.165) is 22.3 Å². The molecule has 1 heterocycles.